The largest absolute Gasteiger partial charge is 0.313 e. The quantitative estimate of drug-likeness (QED) is 0.833. The van der Waals surface area contributed by atoms with Crippen LogP contribution in [0.25, 0.3) is 0 Å². The molecule has 0 radical (unpaired) electrons. The highest BCUT2D eigenvalue weighted by Gasteiger charge is 1.99. The van der Waals surface area contributed by atoms with Gasteiger partial charge in [-0.3, -0.25) is 4.68 Å². The van der Waals surface area contributed by atoms with Gasteiger partial charge in [-0.25, -0.2) is 4.39 Å². The molecule has 0 aliphatic heterocycles. The van der Waals surface area contributed by atoms with Gasteiger partial charge in [0.25, 0.3) is 0 Å². The third kappa shape index (κ3) is 4.19. The van der Waals surface area contributed by atoms with E-state index in [1.54, 1.807) is 10.9 Å². The Morgan fingerprint density at radius 3 is 2.94 bits per heavy atom. The van der Waals surface area contributed by atoms with Crippen LogP contribution in [0, 0.1) is 5.82 Å². The molecule has 2 rings (SSSR count). The first-order chi connectivity index (χ1) is 8.74. The van der Waals surface area contributed by atoms with Crippen molar-refractivity contribution in [2.24, 2.45) is 0 Å². The Labute approximate surface area is 113 Å². The van der Waals surface area contributed by atoms with E-state index in [0.29, 0.717) is 6.54 Å². The Balaban J connectivity index is 1.68. The highest BCUT2D eigenvalue weighted by atomic mass is 79.9. The first-order valence-electron chi connectivity index (χ1n) is 5.74. The van der Waals surface area contributed by atoms with Gasteiger partial charge in [0.05, 0.1) is 6.20 Å². The molecular formula is C12H14BrFN4. The standard InChI is InChI=1S/C12H14BrFN4/c13-11-6-10(7-12(14)8-11)9-15-2-1-4-18-5-3-16-17-18/h3,5-8,15H,1-2,4,9H2. The summed E-state index contributed by atoms with van der Waals surface area (Å²) in [5, 5.41) is 10.9. The van der Waals surface area contributed by atoms with Crippen molar-refractivity contribution in [1.29, 1.82) is 0 Å². The van der Waals surface area contributed by atoms with E-state index in [1.807, 2.05) is 12.3 Å². The Morgan fingerprint density at radius 1 is 1.33 bits per heavy atom. The minimum Gasteiger partial charge on any atom is -0.313 e. The van der Waals surface area contributed by atoms with Gasteiger partial charge in [-0.05, 0) is 36.7 Å². The third-order valence-corrected chi connectivity index (χ3v) is 2.92. The summed E-state index contributed by atoms with van der Waals surface area (Å²) in [6, 6.07) is 4.90. The molecule has 1 aromatic carbocycles. The van der Waals surface area contributed by atoms with Gasteiger partial charge >= 0.3 is 0 Å². The zero-order chi connectivity index (χ0) is 12.8. The number of hydrogen-bond donors (Lipinski definition) is 1. The van der Waals surface area contributed by atoms with Crippen LogP contribution in [0.1, 0.15) is 12.0 Å². The van der Waals surface area contributed by atoms with E-state index in [0.717, 1.165) is 29.5 Å². The van der Waals surface area contributed by atoms with Gasteiger partial charge in [-0.15, -0.1) is 5.10 Å². The highest BCUT2D eigenvalue weighted by Crippen LogP contribution is 2.14. The molecule has 4 nitrogen and oxygen atoms in total. The van der Waals surface area contributed by atoms with E-state index in [4.69, 9.17) is 0 Å². The summed E-state index contributed by atoms with van der Waals surface area (Å²) >= 11 is 3.28. The Bertz CT molecular complexity index is 467. The lowest BCUT2D eigenvalue weighted by atomic mass is 10.2. The molecule has 6 heteroatoms. The predicted molar refractivity (Wildman–Crippen MR) is 70.4 cm³/mol. The molecule has 1 aromatic heterocycles. The van der Waals surface area contributed by atoms with Gasteiger partial charge in [0.1, 0.15) is 5.82 Å². The van der Waals surface area contributed by atoms with Crippen LogP contribution in [0.3, 0.4) is 0 Å². The van der Waals surface area contributed by atoms with Crippen LogP contribution in [-0.2, 0) is 13.1 Å². The molecule has 96 valence electrons. The van der Waals surface area contributed by atoms with E-state index in [-0.39, 0.29) is 5.82 Å². The molecule has 0 saturated heterocycles. The minimum atomic E-state index is -0.219. The molecule has 0 unspecified atom stereocenters. The second-order valence-corrected chi connectivity index (χ2v) is 4.89. The Morgan fingerprint density at radius 2 is 2.22 bits per heavy atom. The topological polar surface area (TPSA) is 42.7 Å². The molecule has 0 bridgehead atoms. The van der Waals surface area contributed by atoms with Crippen LogP contribution >= 0.6 is 15.9 Å². The molecular weight excluding hydrogens is 299 g/mol. The molecule has 0 aliphatic rings. The molecule has 0 fully saturated rings. The van der Waals surface area contributed by atoms with Gasteiger partial charge in [0.15, 0.2) is 0 Å². The molecule has 1 heterocycles. The summed E-state index contributed by atoms with van der Waals surface area (Å²) in [7, 11) is 0. The fraction of sp³-hybridized carbons (Fsp3) is 0.333. The maximum Gasteiger partial charge on any atom is 0.124 e. The van der Waals surface area contributed by atoms with Crippen LogP contribution in [0.15, 0.2) is 35.1 Å². The number of benzene rings is 1. The highest BCUT2D eigenvalue weighted by molar-refractivity contribution is 9.10. The number of halogens is 2. The molecule has 0 atom stereocenters. The van der Waals surface area contributed by atoms with Gasteiger partial charge < -0.3 is 5.32 Å². The zero-order valence-corrected chi connectivity index (χ0v) is 11.4. The summed E-state index contributed by atoms with van der Waals surface area (Å²) in [5.74, 6) is -0.219. The predicted octanol–water partition coefficient (Wildman–Crippen LogP) is 2.36. The van der Waals surface area contributed by atoms with Crippen molar-refractivity contribution < 1.29 is 4.39 Å². The number of rotatable bonds is 6. The number of aryl methyl sites for hydroxylation is 1. The molecule has 0 aliphatic carbocycles. The maximum atomic E-state index is 13.1. The lowest BCUT2D eigenvalue weighted by Gasteiger charge is -2.06. The van der Waals surface area contributed by atoms with Gasteiger partial charge in [-0.2, -0.15) is 0 Å². The maximum absolute atomic E-state index is 13.1. The van der Waals surface area contributed by atoms with Crippen molar-refractivity contribution >= 4 is 15.9 Å². The molecule has 1 N–H and O–H groups in total. The second kappa shape index (κ2) is 6.61. The van der Waals surface area contributed by atoms with Gasteiger partial charge in [-0.1, -0.05) is 21.1 Å². The van der Waals surface area contributed by atoms with Crippen LogP contribution in [0.5, 0.6) is 0 Å². The first-order valence-corrected chi connectivity index (χ1v) is 6.53. The number of nitrogens with one attached hydrogen (secondary N) is 1. The number of aromatic nitrogens is 3. The number of hydrogen-bond acceptors (Lipinski definition) is 3. The monoisotopic (exact) mass is 312 g/mol. The van der Waals surface area contributed by atoms with E-state index in [2.05, 4.69) is 31.6 Å². The van der Waals surface area contributed by atoms with E-state index in [9.17, 15) is 4.39 Å². The molecule has 0 spiro atoms. The van der Waals surface area contributed by atoms with E-state index < -0.39 is 0 Å². The summed E-state index contributed by atoms with van der Waals surface area (Å²) in [4.78, 5) is 0. The van der Waals surface area contributed by atoms with Crippen LogP contribution in [0.2, 0.25) is 0 Å². The van der Waals surface area contributed by atoms with Crippen molar-refractivity contribution in [3.8, 4) is 0 Å². The Kier molecular flexibility index (Phi) is 4.83. The normalized spacial score (nSPS) is 10.8. The molecule has 2 aromatic rings. The van der Waals surface area contributed by atoms with Crippen molar-refractivity contribution in [2.45, 2.75) is 19.5 Å². The van der Waals surface area contributed by atoms with Crippen molar-refractivity contribution in [3.63, 3.8) is 0 Å². The fourth-order valence-electron chi connectivity index (χ4n) is 1.66. The Hall–Kier alpha value is -1.27. The first kappa shape index (κ1) is 13.2. The van der Waals surface area contributed by atoms with Gasteiger partial charge in [0.2, 0.25) is 0 Å². The van der Waals surface area contributed by atoms with Crippen LogP contribution < -0.4 is 5.32 Å². The number of nitrogens with zero attached hydrogens (tertiary/aromatic N) is 3. The average molecular weight is 313 g/mol. The smallest absolute Gasteiger partial charge is 0.124 e. The average Bonchev–Trinajstić information content (AvgIpc) is 2.80. The second-order valence-electron chi connectivity index (χ2n) is 3.97. The lowest BCUT2D eigenvalue weighted by molar-refractivity contribution is 0.529. The molecule has 18 heavy (non-hydrogen) atoms. The molecule has 0 saturated carbocycles. The summed E-state index contributed by atoms with van der Waals surface area (Å²) < 4.78 is 15.7. The third-order valence-electron chi connectivity index (χ3n) is 2.46. The van der Waals surface area contributed by atoms with Crippen molar-refractivity contribution in [2.75, 3.05) is 6.54 Å². The van der Waals surface area contributed by atoms with Crippen LogP contribution in [0.4, 0.5) is 4.39 Å². The van der Waals surface area contributed by atoms with Crippen molar-refractivity contribution in [1.82, 2.24) is 20.3 Å². The van der Waals surface area contributed by atoms with E-state index in [1.165, 1.54) is 12.1 Å². The lowest BCUT2D eigenvalue weighted by Crippen LogP contribution is -2.16. The van der Waals surface area contributed by atoms with Crippen LogP contribution in [-0.4, -0.2) is 21.5 Å². The van der Waals surface area contributed by atoms with Crippen molar-refractivity contribution in [3.05, 3.63) is 46.4 Å². The van der Waals surface area contributed by atoms with Gasteiger partial charge in [0, 0.05) is 23.8 Å². The fourth-order valence-corrected chi connectivity index (χ4v) is 2.18. The summed E-state index contributed by atoms with van der Waals surface area (Å²) in [6.45, 7) is 2.35. The SMILES string of the molecule is Fc1cc(Br)cc(CNCCCn2ccnn2)c1. The summed E-state index contributed by atoms with van der Waals surface area (Å²) in [6.07, 6.45) is 4.46. The van der Waals surface area contributed by atoms with E-state index >= 15 is 0 Å². The minimum absolute atomic E-state index is 0.219. The summed E-state index contributed by atoms with van der Waals surface area (Å²) in [5.41, 5.74) is 0.933. The zero-order valence-electron chi connectivity index (χ0n) is 9.81. The molecule has 0 amide bonds.